The molecule has 0 aliphatic carbocycles. The van der Waals surface area contributed by atoms with Gasteiger partial charge in [0.05, 0.1) is 28.0 Å². The predicted octanol–water partition coefficient (Wildman–Crippen LogP) is 3.90. The largest absolute Gasteiger partial charge is 0.466 e. The fourth-order valence-electron chi connectivity index (χ4n) is 3.69. The molecule has 0 saturated carbocycles. The number of hydrogen-bond donors (Lipinski definition) is 0. The Morgan fingerprint density at radius 2 is 1.77 bits per heavy atom. The van der Waals surface area contributed by atoms with Crippen molar-refractivity contribution in [2.75, 3.05) is 30.5 Å². The molecule has 10 nitrogen and oxygen atoms in total. The standard InChI is InChI=1S/C22H23Cl2N3O7S/c1-2-34-22(29)15-9-11-25(12-10-15)21(28)14-26(17-5-3-16(23)4-6-17)35(32,33)18-7-8-19(24)20(13-18)27(30)31/h3-8,13,15H,2,9-12,14H2,1H3. The van der Waals surface area contributed by atoms with Crippen molar-refractivity contribution in [2.24, 2.45) is 5.92 Å². The normalized spacial score (nSPS) is 14.4. The van der Waals surface area contributed by atoms with Crippen LogP contribution < -0.4 is 4.31 Å². The number of esters is 1. The Morgan fingerprint density at radius 1 is 1.14 bits per heavy atom. The number of anilines is 1. The number of sulfonamides is 1. The van der Waals surface area contributed by atoms with Gasteiger partial charge in [-0.25, -0.2) is 8.42 Å². The van der Waals surface area contributed by atoms with E-state index in [2.05, 4.69) is 0 Å². The average Bonchev–Trinajstić information content (AvgIpc) is 2.83. The fourth-order valence-corrected chi connectivity index (χ4v) is 5.44. The third-order valence-corrected chi connectivity index (χ3v) is 7.90. The molecule has 13 heteroatoms. The highest BCUT2D eigenvalue weighted by Crippen LogP contribution is 2.31. The first-order valence-corrected chi connectivity index (χ1v) is 12.9. The van der Waals surface area contributed by atoms with Gasteiger partial charge in [0.25, 0.3) is 15.7 Å². The van der Waals surface area contributed by atoms with Crippen molar-refractivity contribution < 1.29 is 27.7 Å². The molecule has 1 fully saturated rings. The van der Waals surface area contributed by atoms with Gasteiger partial charge in [-0.3, -0.25) is 24.0 Å². The molecule has 1 aliphatic heterocycles. The summed E-state index contributed by atoms with van der Waals surface area (Å²) < 4.78 is 33.0. The monoisotopic (exact) mass is 543 g/mol. The SMILES string of the molecule is CCOC(=O)C1CCN(C(=O)CN(c2ccc(Cl)cc2)S(=O)(=O)c2ccc(Cl)c([N+](=O)[O-])c2)CC1. The van der Waals surface area contributed by atoms with E-state index in [1.807, 2.05) is 0 Å². The molecular weight excluding hydrogens is 521 g/mol. The van der Waals surface area contributed by atoms with Gasteiger partial charge in [-0.05, 0) is 56.2 Å². The first kappa shape index (κ1) is 26.7. The lowest BCUT2D eigenvalue weighted by Gasteiger charge is -2.33. The molecule has 0 unspecified atom stereocenters. The van der Waals surface area contributed by atoms with E-state index in [0.29, 0.717) is 17.9 Å². The molecule has 0 N–H and O–H groups in total. The van der Waals surface area contributed by atoms with Gasteiger partial charge in [0, 0.05) is 24.2 Å². The molecule has 1 aliphatic rings. The second-order valence-electron chi connectivity index (χ2n) is 7.77. The Kier molecular flexibility index (Phi) is 8.57. The van der Waals surface area contributed by atoms with E-state index in [0.717, 1.165) is 22.5 Å². The number of rotatable bonds is 8. The summed E-state index contributed by atoms with van der Waals surface area (Å²) in [5, 5.41) is 11.4. The summed E-state index contributed by atoms with van der Waals surface area (Å²) in [4.78, 5) is 36.7. The highest BCUT2D eigenvalue weighted by Gasteiger charge is 2.33. The third-order valence-electron chi connectivity index (χ3n) is 5.56. The van der Waals surface area contributed by atoms with Gasteiger partial charge in [-0.15, -0.1) is 0 Å². The summed E-state index contributed by atoms with van der Waals surface area (Å²) >= 11 is 11.8. The molecular formula is C22H23Cl2N3O7S. The molecule has 3 rings (SSSR count). The number of nitrogens with zero attached hydrogens (tertiary/aromatic N) is 3. The van der Waals surface area contributed by atoms with Gasteiger partial charge in [-0.1, -0.05) is 23.2 Å². The van der Waals surface area contributed by atoms with Crippen molar-refractivity contribution in [1.82, 2.24) is 4.90 Å². The number of nitro benzene ring substituents is 1. The van der Waals surface area contributed by atoms with E-state index in [1.54, 1.807) is 6.92 Å². The van der Waals surface area contributed by atoms with Crippen LogP contribution >= 0.6 is 23.2 Å². The number of benzene rings is 2. The minimum atomic E-state index is -4.40. The Morgan fingerprint density at radius 3 is 2.34 bits per heavy atom. The zero-order valence-corrected chi connectivity index (χ0v) is 21.1. The Balaban J connectivity index is 1.88. The lowest BCUT2D eigenvalue weighted by molar-refractivity contribution is -0.384. The number of likely N-dealkylation sites (tertiary alicyclic amines) is 1. The van der Waals surface area contributed by atoms with Crippen LogP contribution in [0.15, 0.2) is 47.4 Å². The van der Waals surface area contributed by atoms with Crippen LogP contribution in [0.4, 0.5) is 11.4 Å². The quantitative estimate of drug-likeness (QED) is 0.280. The van der Waals surface area contributed by atoms with Crippen LogP contribution in [0.5, 0.6) is 0 Å². The Hall–Kier alpha value is -2.89. The van der Waals surface area contributed by atoms with E-state index < -0.39 is 38.0 Å². The number of nitro groups is 1. The summed E-state index contributed by atoms with van der Waals surface area (Å²) in [5.41, 5.74) is -0.419. The molecule has 1 amide bonds. The molecule has 0 atom stereocenters. The molecule has 1 saturated heterocycles. The minimum absolute atomic E-state index is 0.154. The number of carbonyl (C=O) groups is 2. The first-order chi connectivity index (χ1) is 16.5. The van der Waals surface area contributed by atoms with Crippen molar-refractivity contribution in [3.8, 4) is 0 Å². The summed E-state index contributed by atoms with van der Waals surface area (Å²) in [6.07, 6.45) is 0.809. The smallest absolute Gasteiger partial charge is 0.309 e. The molecule has 1 heterocycles. The van der Waals surface area contributed by atoms with Crippen LogP contribution in [0.2, 0.25) is 10.0 Å². The number of carbonyl (C=O) groups excluding carboxylic acids is 2. The maximum absolute atomic E-state index is 13.5. The third kappa shape index (κ3) is 6.22. The Bertz CT molecular complexity index is 1210. The zero-order valence-electron chi connectivity index (χ0n) is 18.7. The van der Waals surface area contributed by atoms with Gasteiger partial charge in [0.15, 0.2) is 0 Å². The lowest BCUT2D eigenvalue weighted by atomic mass is 9.97. The Labute approximate surface area is 212 Å². The van der Waals surface area contributed by atoms with Gasteiger partial charge in [0.1, 0.15) is 11.6 Å². The van der Waals surface area contributed by atoms with Crippen LogP contribution in [-0.2, 0) is 24.3 Å². The van der Waals surface area contributed by atoms with E-state index in [-0.39, 0.29) is 42.3 Å². The fraction of sp³-hybridized carbons (Fsp3) is 0.364. The lowest BCUT2D eigenvalue weighted by Crippen LogP contribution is -2.46. The average molecular weight is 544 g/mol. The van der Waals surface area contributed by atoms with E-state index in [9.17, 15) is 28.1 Å². The summed E-state index contributed by atoms with van der Waals surface area (Å²) in [5.74, 6) is -1.10. The molecule has 35 heavy (non-hydrogen) atoms. The van der Waals surface area contributed by atoms with E-state index >= 15 is 0 Å². The number of ether oxygens (including phenoxy) is 1. The second-order valence-corrected chi connectivity index (χ2v) is 10.5. The first-order valence-electron chi connectivity index (χ1n) is 10.7. The molecule has 2 aromatic carbocycles. The van der Waals surface area contributed by atoms with Gasteiger partial charge in [-0.2, -0.15) is 0 Å². The molecule has 0 spiro atoms. The second kappa shape index (κ2) is 11.2. The highest BCUT2D eigenvalue weighted by atomic mass is 35.5. The molecule has 188 valence electrons. The number of hydrogen-bond acceptors (Lipinski definition) is 7. The van der Waals surface area contributed by atoms with E-state index in [4.69, 9.17) is 27.9 Å². The topological polar surface area (TPSA) is 127 Å². The van der Waals surface area contributed by atoms with Crippen LogP contribution in [0, 0.1) is 16.0 Å². The van der Waals surface area contributed by atoms with Crippen molar-refractivity contribution in [2.45, 2.75) is 24.7 Å². The van der Waals surface area contributed by atoms with Gasteiger partial charge < -0.3 is 9.64 Å². The highest BCUT2D eigenvalue weighted by molar-refractivity contribution is 7.92. The van der Waals surface area contributed by atoms with E-state index in [1.165, 1.54) is 29.2 Å². The minimum Gasteiger partial charge on any atom is -0.466 e. The summed E-state index contributed by atoms with van der Waals surface area (Å²) in [6, 6.07) is 8.93. The zero-order chi connectivity index (χ0) is 25.8. The molecule has 2 aromatic rings. The predicted molar refractivity (Wildman–Crippen MR) is 130 cm³/mol. The number of amides is 1. The number of halogens is 2. The molecule has 0 radical (unpaired) electrons. The van der Waals surface area contributed by atoms with Crippen molar-refractivity contribution in [1.29, 1.82) is 0 Å². The van der Waals surface area contributed by atoms with Crippen LogP contribution in [0.3, 0.4) is 0 Å². The molecule has 0 bridgehead atoms. The molecule has 0 aromatic heterocycles. The van der Waals surface area contributed by atoms with Crippen molar-refractivity contribution >= 4 is 56.5 Å². The summed E-state index contributed by atoms with van der Waals surface area (Å²) in [6.45, 7) is 1.98. The summed E-state index contributed by atoms with van der Waals surface area (Å²) in [7, 11) is -4.40. The van der Waals surface area contributed by atoms with Crippen LogP contribution in [0.1, 0.15) is 19.8 Å². The van der Waals surface area contributed by atoms with Crippen molar-refractivity contribution in [3.63, 3.8) is 0 Å². The van der Waals surface area contributed by atoms with Crippen LogP contribution in [0.25, 0.3) is 0 Å². The van der Waals surface area contributed by atoms with Crippen molar-refractivity contribution in [3.05, 3.63) is 62.6 Å². The number of piperidine rings is 1. The maximum Gasteiger partial charge on any atom is 0.309 e. The van der Waals surface area contributed by atoms with Crippen LogP contribution in [-0.4, -0.2) is 56.4 Å². The van der Waals surface area contributed by atoms with Gasteiger partial charge >= 0.3 is 5.97 Å². The maximum atomic E-state index is 13.5. The van der Waals surface area contributed by atoms with Gasteiger partial charge in [0.2, 0.25) is 5.91 Å².